The van der Waals surface area contributed by atoms with Gasteiger partial charge in [-0.15, -0.1) is 6.42 Å². The van der Waals surface area contributed by atoms with E-state index in [1.807, 2.05) is 18.2 Å². The standard InChI is InChI=1S/C27H30O4/c1-4-27(29)14-13-23-22-11-7-18-15-19(28)8-12-21(18)24(22)25(31-16-26(23,27)2)17-5-9-20(30-3)10-6-17/h1,5-6,9-10,15,22-23,25,29H,7-8,11-14,16H2,2-3H3/t22?,23?,25-,26+,27+/m1/s1. The number of terminal acetylenes is 1. The number of hydrogen-bond acceptors (Lipinski definition) is 4. The average molecular weight is 419 g/mol. The Kier molecular flexibility index (Phi) is 4.88. The highest BCUT2D eigenvalue weighted by Crippen LogP contribution is 2.61. The Balaban J connectivity index is 1.67. The second-order valence-corrected chi connectivity index (χ2v) is 9.75. The molecule has 2 unspecified atom stereocenters. The summed E-state index contributed by atoms with van der Waals surface area (Å²) in [6.45, 7) is 2.53. The van der Waals surface area contributed by atoms with Crippen LogP contribution in [-0.2, 0) is 9.53 Å². The van der Waals surface area contributed by atoms with Gasteiger partial charge in [0.15, 0.2) is 5.78 Å². The van der Waals surface area contributed by atoms with Gasteiger partial charge in [-0.2, -0.15) is 0 Å². The number of hydrogen-bond donors (Lipinski definition) is 1. The molecule has 1 N–H and O–H groups in total. The summed E-state index contributed by atoms with van der Waals surface area (Å²) in [5.74, 6) is 4.31. The van der Waals surface area contributed by atoms with E-state index in [0.29, 0.717) is 25.4 Å². The molecule has 4 heteroatoms. The number of methoxy groups -OCH3 is 1. The lowest BCUT2D eigenvalue weighted by atomic mass is 9.62. The molecule has 1 aromatic rings. The molecule has 5 rings (SSSR count). The lowest BCUT2D eigenvalue weighted by molar-refractivity contribution is -0.114. The Bertz CT molecular complexity index is 1010. The minimum Gasteiger partial charge on any atom is -0.497 e. The van der Waals surface area contributed by atoms with Crippen molar-refractivity contribution in [3.63, 3.8) is 0 Å². The van der Waals surface area contributed by atoms with Crippen LogP contribution in [0.3, 0.4) is 0 Å². The molecule has 1 saturated heterocycles. The van der Waals surface area contributed by atoms with Crippen LogP contribution in [0.25, 0.3) is 0 Å². The zero-order valence-electron chi connectivity index (χ0n) is 18.3. The van der Waals surface area contributed by atoms with Gasteiger partial charge in [-0.25, -0.2) is 0 Å². The number of carbonyl (C=O) groups excluding carboxylic acids is 1. The fraction of sp³-hybridized carbons (Fsp3) is 0.519. The highest BCUT2D eigenvalue weighted by Gasteiger charge is 2.61. The molecule has 0 amide bonds. The summed E-state index contributed by atoms with van der Waals surface area (Å²) in [7, 11) is 1.66. The van der Waals surface area contributed by atoms with Gasteiger partial charge in [0, 0.05) is 11.8 Å². The first-order chi connectivity index (χ1) is 14.9. The molecule has 31 heavy (non-hydrogen) atoms. The Hall–Kier alpha value is -2.35. The van der Waals surface area contributed by atoms with E-state index in [2.05, 4.69) is 25.0 Å². The van der Waals surface area contributed by atoms with Crippen molar-refractivity contribution in [2.75, 3.05) is 13.7 Å². The molecular weight excluding hydrogens is 388 g/mol. The SMILES string of the molecule is C#C[C@]1(O)CCC2C3CCC4=CC(=O)CCC4=C3[C@@H](c3ccc(OC)cc3)OC[C@@]21C. The Morgan fingerprint density at radius 3 is 2.68 bits per heavy atom. The summed E-state index contributed by atoms with van der Waals surface area (Å²) < 4.78 is 12.0. The Labute approximate surface area is 184 Å². The van der Waals surface area contributed by atoms with Crippen molar-refractivity contribution in [2.45, 2.75) is 57.2 Å². The number of benzene rings is 1. The monoisotopic (exact) mass is 418 g/mol. The van der Waals surface area contributed by atoms with Gasteiger partial charge in [-0.3, -0.25) is 4.79 Å². The molecule has 3 aliphatic carbocycles. The van der Waals surface area contributed by atoms with Crippen LogP contribution < -0.4 is 4.74 Å². The largest absolute Gasteiger partial charge is 0.497 e. The molecular formula is C27H30O4. The summed E-state index contributed by atoms with van der Waals surface area (Å²) >= 11 is 0. The molecule has 0 spiro atoms. The summed E-state index contributed by atoms with van der Waals surface area (Å²) in [6, 6.07) is 8.07. The van der Waals surface area contributed by atoms with Crippen molar-refractivity contribution in [1.29, 1.82) is 0 Å². The molecule has 162 valence electrons. The molecule has 0 bridgehead atoms. The van der Waals surface area contributed by atoms with E-state index in [1.54, 1.807) is 7.11 Å². The molecule has 5 atom stereocenters. The summed E-state index contributed by atoms with van der Waals surface area (Å²) in [6.07, 6.45) is 12.2. The van der Waals surface area contributed by atoms with Crippen molar-refractivity contribution in [3.8, 4) is 18.1 Å². The first-order valence-electron chi connectivity index (χ1n) is 11.3. The maximum Gasteiger partial charge on any atom is 0.156 e. The van der Waals surface area contributed by atoms with Crippen LogP contribution in [0, 0.1) is 29.6 Å². The normalized spacial score (nSPS) is 37.2. The van der Waals surface area contributed by atoms with Crippen LogP contribution in [0.5, 0.6) is 5.75 Å². The lowest BCUT2D eigenvalue weighted by Crippen LogP contribution is -2.48. The number of fused-ring (bicyclic) bond motifs is 4. The molecule has 1 aromatic carbocycles. The van der Waals surface area contributed by atoms with Gasteiger partial charge in [0.1, 0.15) is 17.5 Å². The van der Waals surface area contributed by atoms with Gasteiger partial charge in [-0.05, 0) is 84.4 Å². The van der Waals surface area contributed by atoms with Gasteiger partial charge in [0.05, 0.1) is 13.7 Å². The molecule has 1 saturated carbocycles. The highest BCUT2D eigenvalue weighted by atomic mass is 16.5. The van der Waals surface area contributed by atoms with E-state index < -0.39 is 11.0 Å². The van der Waals surface area contributed by atoms with Crippen LogP contribution in [0.1, 0.15) is 57.1 Å². The van der Waals surface area contributed by atoms with Crippen molar-refractivity contribution >= 4 is 5.78 Å². The number of ether oxygens (including phenoxy) is 2. The molecule has 2 fully saturated rings. The number of ketones is 1. The zero-order chi connectivity index (χ0) is 21.8. The van der Waals surface area contributed by atoms with Crippen LogP contribution in [0.2, 0.25) is 0 Å². The highest BCUT2D eigenvalue weighted by molar-refractivity contribution is 5.93. The fourth-order valence-electron chi connectivity index (χ4n) is 6.56. The third-order valence-corrected chi connectivity index (χ3v) is 8.37. The van der Waals surface area contributed by atoms with Gasteiger partial charge in [0.2, 0.25) is 0 Å². The van der Waals surface area contributed by atoms with Gasteiger partial charge in [0.25, 0.3) is 0 Å². The maximum atomic E-state index is 12.1. The van der Waals surface area contributed by atoms with Crippen molar-refractivity contribution in [1.82, 2.24) is 0 Å². The molecule has 1 aliphatic heterocycles. The van der Waals surface area contributed by atoms with E-state index in [1.165, 1.54) is 16.7 Å². The first kappa shape index (κ1) is 20.5. The second kappa shape index (κ2) is 7.36. The number of rotatable bonds is 2. The summed E-state index contributed by atoms with van der Waals surface area (Å²) in [5.41, 5.74) is 3.23. The van der Waals surface area contributed by atoms with Gasteiger partial charge >= 0.3 is 0 Å². The first-order valence-corrected chi connectivity index (χ1v) is 11.3. The summed E-state index contributed by atoms with van der Waals surface area (Å²) in [5, 5.41) is 11.4. The minimum atomic E-state index is -1.15. The van der Waals surface area contributed by atoms with Crippen LogP contribution in [-0.4, -0.2) is 30.2 Å². The van der Waals surface area contributed by atoms with E-state index in [4.69, 9.17) is 15.9 Å². The fourth-order valence-corrected chi connectivity index (χ4v) is 6.56. The average Bonchev–Trinajstić information content (AvgIpc) is 2.96. The van der Waals surface area contributed by atoms with Crippen LogP contribution in [0.15, 0.2) is 47.1 Å². The van der Waals surface area contributed by atoms with E-state index in [0.717, 1.165) is 37.0 Å². The minimum absolute atomic E-state index is 0.202. The topological polar surface area (TPSA) is 55.8 Å². The molecule has 1 heterocycles. The van der Waals surface area contributed by atoms with Gasteiger partial charge in [-0.1, -0.05) is 25.0 Å². The molecule has 4 nitrogen and oxygen atoms in total. The van der Waals surface area contributed by atoms with E-state index in [9.17, 15) is 9.90 Å². The second-order valence-electron chi connectivity index (χ2n) is 9.75. The van der Waals surface area contributed by atoms with Crippen molar-refractivity contribution < 1.29 is 19.4 Å². The molecule has 0 aromatic heterocycles. The predicted molar refractivity (Wildman–Crippen MR) is 118 cm³/mol. The van der Waals surface area contributed by atoms with Crippen molar-refractivity contribution in [3.05, 3.63) is 52.6 Å². The van der Waals surface area contributed by atoms with Crippen LogP contribution in [0.4, 0.5) is 0 Å². The Morgan fingerprint density at radius 1 is 1.19 bits per heavy atom. The smallest absolute Gasteiger partial charge is 0.156 e. The number of allylic oxidation sites excluding steroid dienone is 3. The third-order valence-electron chi connectivity index (χ3n) is 8.37. The van der Waals surface area contributed by atoms with E-state index in [-0.39, 0.29) is 17.8 Å². The predicted octanol–water partition coefficient (Wildman–Crippen LogP) is 4.54. The van der Waals surface area contributed by atoms with Gasteiger partial charge < -0.3 is 14.6 Å². The van der Waals surface area contributed by atoms with Crippen molar-refractivity contribution in [2.24, 2.45) is 17.3 Å². The maximum absolute atomic E-state index is 12.1. The summed E-state index contributed by atoms with van der Waals surface area (Å²) in [4.78, 5) is 12.1. The number of aliphatic hydroxyl groups is 1. The lowest BCUT2D eigenvalue weighted by Gasteiger charge is -2.42. The molecule has 4 aliphatic rings. The quantitative estimate of drug-likeness (QED) is 0.717. The Morgan fingerprint density at radius 2 is 1.97 bits per heavy atom. The molecule has 0 radical (unpaired) electrons. The third kappa shape index (κ3) is 3.02. The van der Waals surface area contributed by atoms with E-state index >= 15 is 0 Å². The number of carbonyl (C=O) groups is 1. The van der Waals surface area contributed by atoms with Crippen LogP contribution >= 0.6 is 0 Å². The zero-order valence-corrected chi connectivity index (χ0v) is 18.3.